The number of rotatable bonds is 6. The predicted molar refractivity (Wildman–Crippen MR) is 110 cm³/mol. The number of carbonyl (C=O) groups excluding carboxylic acids is 1. The van der Waals surface area contributed by atoms with Gasteiger partial charge in [0.1, 0.15) is 5.70 Å². The topological polar surface area (TPSA) is 58.4 Å². The van der Waals surface area contributed by atoms with Crippen LogP contribution in [0.25, 0.3) is 0 Å². The number of benzene rings is 1. The van der Waals surface area contributed by atoms with Crippen LogP contribution in [0.15, 0.2) is 42.4 Å². The Morgan fingerprint density at radius 1 is 1.22 bits per heavy atom. The fourth-order valence-electron chi connectivity index (χ4n) is 3.47. The molecule has 1 aromatic rings. The summed E-state index contributed by atoms with van der Waals surface area (Å²) < 4.78 is 76.9. The Balaban J connectivity index is 1.97. The van der Waals surface area contributed by atoms with Gasteiger partial charge in [0.15, 0.2) is 0 Å². The highest BCUT2D eigenvalue weighted by Gasteiger charge is 2.33. The first-order chi connectivity index (χ1) is 14.7. The number of hydrogen-bond donors (Lipinski definition) is 2. The van der Waals surface area contributed by atoms with Gasteiger partial charge in [0.05, 0.1) is 16.1 Å². The van der Waals surface area contributed by atoms with Gasteiger partial charge in [0.2, 0.25) is 0 Å². The smallest absolute Gasteiger partial charge is 0.394 e. The van der Waals surface area contributed by atoms with Crippen molar-refractivity contribution in [3.05, 3.63) is 58.5 Å². The molecule has 0 radical (unpaired) electrons. The Labute approximate surface area is 187 Å². The number of nitrogens with one attached hydrogen (secondary N) is 1. The van der Waals surface area contributed by atoms with Crippen LogP contribution in [0, 0.1) is 5.92 Å². The van der Waals surface area contributed by atoms with E-state index in [9.17, 15) is 31.1 Å². The second-order valence-corrected chi connectivity index (χ2v) is 8.26. The maximum atomic E-state index is 12.9. The first kappa shape index (κ1) is 25.9. The molecule has 178 valence electrons. The zero-order valence-corrected chi connectivity index (χ0v) is 18.0. The number of hydrogen-bond acceptors (Lipinski definition) is 3. The SMILES string of the molecule is C=C(C)N(/C=C(\N)C(F)(F)F)C[C@H]1CC[C@H](NC(=O)c2cc(C(F)(F)F)ccc2Cl)CC1. The molecule has 32 heavy (non-hydrogen) atoms. The van der Waals surface area contributed by atoms with Crippen LogP contribution in [0.4, 0.5) is 26.3 Å². The fourth-order valence-corrected chi connectivity index (χ4v) is 3.67. The highest BCUT2D eigenvalue weighted by molar-refractivity contribution is 6.33. The molecule has 0 saturated heterocycles. The molecule has 0 unspecified atom stereocenters. The van der Waals surface area contributed by atoms with Crippen LogP contribution in [0.3, 0.4) is 0 Å². The molecule has 0 aromatic heterocycles. The largest absolute Gasteiger partial charge is 0.432 e. The molecule has 0 heterocycles. The standard InChI is InChI=1S/C21H24ClF6N3O/c1-12(2)31(11-18(29)21(26,27)28)10-13-3-6-15(7-4-13)30-19(32)16-9-14(20(23,24)25)5-8-17(16)22/h5,8-9,11,13,15H,1,3-4,6-7,10,29H2,2H3,(H,30,32)/b18-11-/t13-,15-. The van der Waals surface area contributed by atoms with Crippen molar-refractivity contribution in [2.24, 2.45) is 11.7 Å². The van der Waals surface area contributed by atoms with E-state index in [-0.39, 0.29) is 29.1 Å². The Bertz CT molecular complexity index is 873. The van der Waals surface area contributed by atoms with Crippen molar-refractivity contribution in [2.75, 3.05) is 6.54 Å². The molecule has 1 saturated carbocycles. The van der Waals surface area contributed by atoms with Crippen LogP contribution in [-0.2, 0) is 6.18 Å². The lowest BCUT2D eigenvalue weighted by Gasteiger charge is -2.33. The Morgan fingerprint density at radius 2 is 1.81 bits per heavy atom. The molecular weight excluding hydrogens is 460 g/mol. The van der Waals surface area contributed by atoms with Crippen molar-refractivity contribution in [1.82, 2.24) is 10.2 Å². The van der Waals surface area contributed by atoms with E-state index >= 15 is 0 Å². The minimum Gasteiger partial charge on any atom is -0.394 e. The average molecular weight is 484 g/mol. The highest BCUT2D eigenvalue weighted by Crippen LogP contribution is 2.32. The van der Waals surface area contributed by atoms with Crippen LogP contribution >= 0.6 is 11.6 Å². The summed E-state index contributed by atoms with van der Waals surface area (Å²) in [5.41, 5.74) is 3.06. The summed E-state index contributed by atoms with van der Waals surface area (Å²) in [6.07, 6.45) is -6.16. The van der Waals surface area contributed by atoms with Crippen molar-refractivity contribution in [2.45, 2.75) is 51.0 Å². The number of amides is 1. The molecule has 0 spiro atoms. The van der Waals surface area contributed by atoms with E-state index in [1.807, 2.05) is 0 Å². The van der Waals surface area contributed by atoms with Gasteiger partial charge in [-0.25, -0.2) is 0 Å². The number of nitrogens with zero attached hydrogens (tertiary/aromatic N) is 1. The van der Waals surface area contributed by atoms with E-state index in [1.54, 1.807) is 6.92 Å². The van der Waals surface area contributed by atoms with E-state index in [2.05, 4.69) is 11.9 Å². The normalized spacial score (nSPS) is 20.1. The van der Waals surface area contributed by atoms with Crippen molar-refractivity contribution < 1.29 is 31.1 Å². The maximum absolute atomic E-state index is 12.9. The van der Waals surface area contributed by atoms with Crippen LogP contribution in [0.2, 0.25) is 5.02 Å². The molecule has 0 atom stereocenters. The average Bonchev–Trinajstić information content (AvgIpc) is 2.67. The third-order valence-corrected chi connectivity index (χ3v) is 5.62. The van der Waals surface area contributed by atoms with Gasteiger partial charge < -0.3 is 16.0 Å². The first-order valence-corrected chi connectivity index (χ1v) is 10.2. The molecule has 1 aliphatic carbocycles. The zero-order valence-electron chi connectivity index (χ0n) is 17.3. The Kier molecular flexibility index (Phi) is 8.14. The number of carbonyl (C=O) groups is 1. The number of halogens is 7. The molecule has 1 aliphatic rings. The third kappa shape index (κ3) is 7.08. The van der Waals surface area contributed by atoms with E-state index in [4.69, 9.17) is 17.3 Å². The molecule has 0 aliphatic heterocycles. The lowest BCUT2D eigenvalue weighted by Crippen LogP contribution is -2.39. The molecule has 1 amide bonds. The van der Waals surface area contributed by atoms with E-state index in [0.29, 0.717) is 37.4 Å². The lowest BCUT2D eigenvalue weighted by molar-refractivity contribution is -0.137. The minimum atomic E-state index is -4.64. The summed E-state index contributed by atoms with van der Waals surface area (Å²) in [6, 6.07) is 2.27. The maximum Gasteiger partial charge on any atom is 0.432 e. The van der Waals surface area contributed by atoms with Crippen molar-refractivity contribution >= 4 is 17.5 Å². The molecule has 1 aromatic carbocycles. The zero-order chi connectivity index (χ0) is 24.3. The Morgan fingerprint density at radius 3 is 2.31 bits per heavy atom. The van der Waals surface area contributed by atoms with Crippen LogP contribution in [0.1, 0.15) is 48.5 Å². The Hall–Kier alpha value is -2.36. The summed E-state index contributed by atoms with van der Waals surface area (Å²) in [7, 11) is 0. The van der Waals surface area contributed by atoms with Gasteiger partial charge in [-0.05, 0) is 56.7 Å². The molecule has 11 heteroatoms. The van der Waals surface area contributed by atoms with E-state index in [0.717, 1.165) is 18.3 Å². The van der Waals surface area contributed by atoms with Gasteiger partial charge in [-0.2, -0.15) is 26.3 Å². The van der Waals surface area contributed by atoms with Crippen molar-refractivity contribution in [3.63, 3.8) is 0 Å². The van der Waals surface area contributed by atoms with Gasteiger partial charge in [-0.1, -0.05) is 18.2 Å². The monoisotopic (exact) mass is 483 g/mol. The van der Waals surface area contributed by atoms with E-state index in [1.165, 1.54) is 4.90 Å². The molecule has 3 N–H and O–H groups in total. The number of allylic oxidation sites excluding steroid dienone is 2. The molecule has 4 nitrogen and oxygen atoms in total. The molecule has 1 fully saturated rings. The second kappa shape index (κ2) is 10.1. The lowest BCUT2D eigenvalue weighted by atomic mass is 9.85. The summed E-state index contributed by atoms with van der Waals surface area (Å²) in [4.78, 5) is 13.8. The van der Waals surface area contributed by atoms with Gasteiger partial charge in [0.25, 0.3) is 5.91 Å². The van der Waals surface area contributed by atoms with Crippen molar-refractivity contribution in [3.8, 4) is 0 Å². The molecule has 2 rings (SSSR count). The third-order valence-electron chi connectivity index (χ3n) is 5.29. The summed E-state index contributed by atoms with van der Waals surface area (Å²) in [5, 5.41) is 2.61. The molecular formula is C21H24ClF6N3O. The second-order valence-electron chi connectivity index (χ2n) is 7.85. The highest BCUT2D eigenvalue weighted by atomic mass is 35.5. The number of nitrogens with two attached hydrogens (primary N) is 1. The first-order valence-electron chi connectivity index (χ1n) is 9.82. The summed E-state index contributed by atoms with van der Waals surface area (Å²) in [6.45, 7) is 5.54. The van der Waals surface area contributed by atoms with Crippen LogP contribution in [0.5, 0.6) is 0 Å². The van der Waals surface area contributed by atoms with Gasteiger partial charge in [0, 0.05) is 24.5 Å². The van der Waals surface area contributed by atoms with Gasteiger partial charge >= 0.3 is 12.4 Å². The predicted octanol–water partition coefficient (Wildman–Crippen LogP) is 5.85. The quantitative estimate of drug-likeness (QED) is 0.499. The minimum absolute atomic E-state index is 0.0364. The van der Waals surface area contributed by atoms with Gasteiger partial charge in [-0.15, -0.1) is 0 Å². The van der Waals surface area contributed by atoms with Crippen molar-refractivity contribution in [1.29, 1.82) is 0 Å². The number of alkyl halides is 6. The molecule has 0 bridgehead atoms. The summed E-state index contributed by atoms with van der Waals surface area (Å²) >= 11 is 5.90. The fraction of sp³-hybridized carbons (Fsp3) is 0.476. The van der Waals surface area contributed by atoms with E-state index < -0.39 is 29.5 Å². The summed E-state index contributed by atoms with van der Waals surface area (Å²) in [5.74, 6) is -0.664. The van der Waals surface area contributed by atoms with Crippen LogP contribution in [-0.4, -0.2) is 29.6 Å². The van der Waals surface area contributed by atoms with Crippen LogP contribution < -0.4 is 11.1 Å². The van der Waals surface area contributed by atoms with Gasteiger partial charge in [-0.3, -0.25) is 4.79 Å².